The Kier molecular flexibility index (Phi) is 6.04. The molecular formula is C25H26ClN3O4S. The third-order valence-electron chi connectivity index (χ3n) is 6.27. The zero-order valence-electron chi connectivity index (χ0n) is 19.1. The first-order valence-corrected chi connectivity index (χ1v) is 13.1. The maximum atomic E-state index is 13.2. The van der Waals surface area contributed by atoms with Gasteiger partial charge in [0.2, 0.25) is 0 Å². The minimum atomic E-state index is -3.91. The molecule has 7 nitrogen and oxygen atoms in total. The van der Waals surface area contributed by atoms with Crippen molar-refractivity contribution < 1.29 is 17.9 Å². The molecule has 0 fully saturated rings. The fourth-order valence-corrected chi connectivity index (χ4v) is 5.86. The molecule has 0 spiro atoms. The number of hydrogen-bond acceptors (Lipinski definition) is 6. The predicted molar refractivity (Wildman–Crippen MR) is 133 cm³/mol. The van der Waals surface area contributed by atoms with Crippen LogP contribution >= 0.6 is 11.6 Å². The molecule has 0 radical (unpaired) electrons. The van der Waals surface area contributed by atoms with E-state index in [0.29, 0.717) is 22.9 Å². The summed E-state index contributed by atoms with van der Waals surface area (Å²) in [6.07, 6.45) is 2.70. The topological polar surface area (TPSA) is 80.8 Å². The minimum absolute atomic E-state index is 0.115. The lowest BCUT2D eigenvalue weighted by atomic mass is 10.1. The van der Waals surface area contributed by atoms with E-state index < -0.39 is 10.0 Å². The van der Waals surface area contributed by atoms with Gasteiger partial charge in [-0.15, -0.1) is 0 Å². The number of ether oxygens (including phenoxy) is 2. The van der Waals surface area contributed by atoms with Crippen LogP contribution in [0.1, 0.15) is 28.8 Å². The molecule has 0 unspecified atom stereocenters. The molecule has 1 N–H and O–H groups in total. The van der Waals surface area contributed by atoms with E-state index in [1.54, 1.807) is 19.1 Å². The average molecular weight is 500 g/mol. The van der Waals surface area contributed by atoms with Gasteiger partial charge in [-0.05, 0) is 73.2 Å². The van der Waals surface area contributed by atoms with Crippen molar-refractivity contribution in [2.75, 3.05) is 29.8 Å². The van der Waals surface area contributed by atoms with Crippen LogP contribution in [0.4, 0.5) is 11.5 Å². The van der Waals surface area contributed by atoms with Gasteiger partial charge >= 0.3 is 0 Å². The molecule has 2 aliphatic rings. The number of aryl methyl sites for hydroxylation is 2. The van der Waals surface area contributed by atoms with E-state index in [0.717, 1.165) is 54.1 Å². The van der Waals surface area contributed by atoms with Crippen molar-refractivity contribution in [1.82, 2.24) is 4.98 Å². The minimum Gasteiger partial charge on any atom is -0.490 e. The van der Waals surface area contributed by atoms with Crippen molar-refractivity contribution in [1.29, 1.82) is 0 Å². The number of hydrogen-bond donors (Lipinski definition) is 1. The molecule has 0 saturated heterocycles. The normalized spacial score (nSPS) is 14.9. The summed E-state index contributed by atoms with van der Waals surface area (Å²) in [5.74, 6) is 1.41. The number of rotatable bonds is 6. The number of anilines is 2. The standard InChI is InChI=1S/C25H26ClN3O4S/c1-16-19(26)6-4-8-24(16)34(30,31)28-25-23(14-18-5-3-7-20(18)27-25)33-15-17-9-10-21-22(13-17)32-12-11-29(21)2/h4,6,8-10,13-14H,3,5,7,11-12,15H2,1-2H3,(H,27,28). The highest BCUT2D eigenvalue weighted by Crippen LogP contribution is 2.35. The largest absolute Gasteiger partial charge is 0.490 e. The van der Waals surface area contributed by atoms with Gasteiger partial charge in [0.25, 0.3) is 10.0 Å². The SMILES string of the molecule is Cc1c(Cl)cccc1S(=O)(=O)Nc1nc2c(cc1OCc1ccc3c(c1)OCCN3C)CCC2. The molecule has 0 amide bonds. The van der Waals surface area contributed by atoms with Crippen LogP contribution < -0.4 is 19.1 Å². The lowest BCUT2D eigenvalue weighted by Gasteiger charge is -2.28. The van der Waals surface area contributed by atoms with Gasteiger partial charge in [0.05, 0.1) is 17.1 Å². The first kappa shape index (κ1) is 22.8. The molecule has 0 atom stereocenters. The Labute approximate surface area is 204 Å². The smallest absolute Gasteiger partial charge is 0.263 e. The van der Waals surface area contributed by atoms with Gasteiger partial charge in [-0.1, -0.05) is 23.7 Å². The van der Waals surface area contributed by atoms with E-state index in [9.17, 15) is 8.42 Å². The summed E-state index contributed by atoms with van der Waals surface area (Å²) in [4.78, 5) is 6.90. The fourth-order valence-electron chi connectivity index (χ4n) is 4.35. The first-order valence-electron chi connectivity index (χ1n) is 11.2. The number of aromatic nitrogens is 1. The van der Waals surface area contributed by atoms with Gasteiger partial charge in [0.15, 0.2) is 11.6 Å². The Balaban J connectivity index is 1.43. The van der Waals surface area contributed by atoms with E-state index >= 15 is 0 Å². The molecule has 0 saturated carbocycles. The Morgan fingerprint density at radius 3 is 2.91 bits per heavy atom. The van der Waals surface area contributed by atoms with Crippen molar-refractivity contribution in [3.63, 3.8) is 0 Å². The van der Waals surface area contributed by atoms with E-state index in [-0.39, 0.29) is 17.3 Å². The Hall–Kier alpha value is -2.97. The molecule has 1 aliphatic heterocycles. The van der Waals surface area contributed by atoms with Gasteiger partial charge in [0.1, 0.15) is 19.0 Å². The molecule has 34 heavy (non-hydrogen) atoms. The van der Waals surface area contributed by atoms with Crippen LogP contribution in [0.5, 0.6) is 11.5 Å². The summed E-state index contributed by atoms with van der Waals surface area (Å²) < 4.78 is 41.0. The zero-order chi connectivity index (χ0) is 23.9. The van der Waals surface area contributed by atoms with Gasteiger partial charge in [-0.25, -0.2) is 13.4 Å². The number of likely N-dealkylation sites (N-methyl/N-ethyl adjacent to an activating group) is 1. The number of nitrogens with one attached hydrogen (secondary N) is 1. The summed E-state index contributed by atoms with van der Waals surface area (Å²) in [7, 11) is -1.87. The molecule has 2 heterocycles. The Morgan fingerprint density at radius 2 is 2.06 bits per heavy atom. The number of halogens is 1. The van der Waals surface area contributed by atoms with E-state index in [1.807, 2.05) is 31.3 Å². The number of sulfonamides is 1. The summed E-state index contributed by atoms with van der Waals surface area (Å²) in [6, 6.07) is 12.7. The number of fused-ring (bicyclic) bond motifs is 2. The summed E-state index contributed by atoms with van der Waals surface area (Å²) >= 11 is 6.16. The van der Waals surface area contributed by atoms with Gasteiger partial charge in [-0.2, -0.15) is 0 Å². The van der Waals surface area contributed by atoms with Crippen molar-refractivity contribution in [3.05, 3.63) is 69.9 Å². The van der Waals surface area contributed by atoms with Crippen molar-refractivity contribution in [3.8, 4) is 11.5 Å². The lowest BCUT2D eigenvalue weighted by Crippen LogP contribution is -2.28. The van der Waals surface area contributed by atoms with Gasteiger partial charge < -0.3 is 14.4 Å². The second-order valence-electron chi connectivity index (χ2n) is 8.62. The Morgan fingerprint density at radius 1 is 1.21 bits per heavy atom. The van der Waals surface area contributed by atoms with Gasteiger partial charge in [-0.3, -0.25) is 4.72 Å². The second-order valence-corrected chi connectivity index (χ2v) is 10.7. The summed E-state index contributed by atoms with van der Waals surface area (Å²) in [5, 5.41) is 0.390. The highest BCUT2D eigenvalue weighted by Gasteiger charge is 2.24. The first-order chi connectivity index (χ1) is 16.3. The van der Waals surface area contributed by atoms with E-state index in [4.69, 9.17) is 21.1 Å². The lowest BCUT2D eigenvalue weighted by molar-refractivity contribution is 0.298. The molecule has 9 heteroatoms. The molecular weight excluding hydrogens is 474 g/mol. The number of pyridine rings is 1. The van der Waals surface area contributed by atoms with Gasteiger partial charge in [0, 0.05) is 17.8 Å². The van der Waals surface area contributed by atoms with Crippen LogP contribution in [0.25, 0.3) is 0 Å². The van der Waals surface area contributed by atoms with Crippen LogP contribution in [-0.2, 0) is 29.5 Å². The van der Waals surface area contributed by atoms with Crippen molar-refractivity contribution >= 4 is 33.1 Å². The van der Waals surface area contributed by atoms with E-state index in [1.165, 1.54) is 6.07 Å². The average Bonchev–Trinajstić information content (AvgIpc) is 3.26. The predicted octanol–water partition coefficient (Wildman–Crippen LogP) is 4.74. The monoisotopic (exact) mass is 499 g/mol. The molecule has 0 bridgehead atoms. The second kappa shape index (κ2) is 9.00. The third kappa shape index (κ3) is 4.40. The fraction of sp³-hybridized carbons (Fsp3) is 0.320. The van der Waals surface area contributed by atoms with Crippen LogP contribution in [0.3, 0.4) is 0 Å². The van der Waals surface area contributed by atoms with Crippen molar-refractivity contribution in [2.24, 2.45) is 0 Å². The molecule has 1 aromatic heterocycles. The quantitative estimate of drug-likeness (QED) is 0.527. The number of nitrogens with zero attached hydrogens (tertiary/aromatic N) is 2. The van der Waals surface area contributed by atoms with Crippen molar-refractivity contribution in [2.45, 2.75) is 37.7 Å². The molecule has 1 aliphatic carbocycles. The highest BCUT2D eigenvalue weighted by atomic mass is 35.5. The van der Waals surface area contributed by atoms with Crippen LogP contribution in [-0.4, -0.2) is 33.6 Å². The highest BCUT2D eigenvalue weighted by molar-refractivity contribution is 7.92. The van der Waals surface area contributed by atoms with Crippen LogP contribution in [0.2, 0.25) is 5.02 Å². The molecule has 5 rings (SSSR count). The Bertz CT molecular complexity index is 1360. The molecule has 3 aromatic rings. The van der Waals surface area contributed by atoms with E-state index in [2.05, 4.69) is 14.6 Å². The molecule has 178 valence electrons. The maximum Gasteiger partial charge on any atom is 0.263 e. The summed E-state index contributed by atoms with van der Waals surface area (Å²) in [6.45, 7) is 3.42. The van der Waals surface area contributed by atoms with Crippen LogP contribution in [0.15, 0.2) is 47.4 Å². The van der Waals surface area contributed by atoms with Crippen LogP contribution in [0, 0.1) is 6.92 Å². The molecule has 2 aromatic carbocycles. The summed E-state index contributed by atoms with van der Waals surface area (Å²) in [5.41, 5.74) is 4.44. The number of benzene rings is 2. The maximum absolute atomic E-state index is 13.2. The third-order valence-corrected chi connectivity index (χ3v) is 8.16. The zero-order valence-corrected chi connectivity index (χ0v) is 20.7.